The molecule has 0 saturated heterocycles. The van der Waals surface area contributed by atoms with Crippen molar-refractivity contribution in [3.8, 4) is 0 Å². The fourth-order valence-corrected chi connectivity index (χ4v) is 4.09. The maximum Gasteiger partial charge on any atom is 0.406 e. The second-order valence-electron chi connectivity index (χ2n) is 8.44. The van der Waals surface area contributed by atoms with Crippen molar-refractivity contribution in [2.45, 2.75) is 71.1 Å². The van der Waals surface area contributed by atoms with Gasteiger partial charge >= 0.3 is 6.18 Å². The van der Waals surface area contributed by atoms with E-state index < -0.39 is 29.1 Å². The number of nitrogens with zero attached hydrogens (tertiary/aromatic N) is 3. The third kappa shape index (κ3) is 8.75. The molecule has 194 valence electrons. The molecule has 11 heteroatoms. The van der Waals surface area contributed by atoms with E-state index in [1.54, 1.807) is 24.7 Å². The Morgan fingerprint density at radius 2 is 1.77 bits per heavy atom. The highest BCUT2D eigenvalue weighted by atomic mass is 35.5. The monoisotopic (exact) mass is 532 g/mol. The molecule has 0 aliphatic heterocycles. The van der Waals surface area contributed by atoms with Gasteiger partial charge in [0.05, 0.1) is 0 Å². The van der Waals surface area contributed by atoms with Crippen molar-refractivity contribution in [1.29, 1.82) is 0 Å². The number of halogens is 4. The van der Waals surface area contributed by atoms with Crippen LogP contribution in [0.1, 0.15) is 57.9 Å². The first-order valence-corrected chi connectivity index (χ1v) is 13.9. The van der Waals surface area contributed by atoms with Crippen molar-refractivity contribution < 1.29 is 17.4 Å². The molecule has 0 spiro atoms. The normalized spacial score (nSPS) is 14.0. The van der Waals surface area contributed by atoms with Gasteiger partial charge in [0.1, 0.15) is 12.2 Å². The van der Waals surface area contributed by atoms with Crippen molar-refractivity contribution in [3.63, 3.8) is 0 Å². The van der Waals surface area contributed by atoms with E-state index in [1.807, 2.05) is 0 Å². The number of alkyl halides is 3. The summed E-state index contributed by atoms with van der Waals surface area (Å²) in [5.41, 5.74) is -0.250. The molecule has 2 aromatic heterocycles. The van der Waals surface area contributed by atoms with Gasteiger partial charge in [0.15, 0.2) is 0 Å². The lowest BCUT2D eigenvalue weighted by Gasteiger charge is -2.19. The Labute approximate surface area is 211 Å². The van der Waals surface area contributed by atoms with Gasteiger partial charge in [-0.2, -0.15) is 18.2 Å². The molecule has 0 fully saturated rings. The molecule has 0 atom stereocenters. The minimum Gasteiger partial charge on any atom is -0.351 e. The fraction of sp³-hybridized carbons (Fsp3) is 0.542. The van der Waals surface area contributed by atoms with Crippen LogP contribution in [0.15, 0.2) is 34.2 Å². The smallest absolute Gasteiger partial charge is 0.351 e. The van der Waals surface area contributed by atoms with Crippen LogP contribution in [0.3, 0.4) is 0 Å². The van der Waals surface area contributed by atoms with Crippen LogP contribution >= 0.6 is 11.6 Å². The van der Waals surface area contributed by atoms with Crippen LogP contribution in [0.5, 0.6) is 0 Å². The molecule has 1 aliphatic rings. The van der Waals surface area contributed by atoms with Crippen LogP contribution in [0, 0.1) is 0 Å². The van der Waals surface area contributed by atoms with Crippen LogP contribution in [0.4, 0.5) is 19.1 Å². The van der Waals surface area contributed by atoms with E-state index in [9.17, 15) is 22.2 Å². The molecule has 2 aromatic rings. The summed E-state index contributed by atoms with van der Waals surface area (Å²) in [6.07, 6.45) is 8.77. The van der Waals surface area contributed by atoms with Gasteiger partial charge in [0.2, 0.25) is 5.95 Å². The Hall–Kier alpha value is -2.20. The van der Waals surface area contributed by atoms with Crippen molar-refractivity contribution in [2.24, 2.45) is 0 Å². The van der Waals surface area contributed by atoms with Crippen LogP contribution in [0.25, 0.3) is 16.6 Å². The lowest BCUT2D eigenvalue weighted by Crippen LogP contribution is -2.31. The van der Waals surface area contributed by atoms with E-state index in [1.165, 1.54) is 12.3 Å². The molecule has 1 N–H and O–H groups in total. The molecule has 0 amide bonds. The Bertz CT molecular complexity index is 1150. The summed E-state index contributed by atoms with van der Waals surface area (Å²) < 4.78 is 50.2. The molecule has 3 rings (SSSR count). The van der Waals surface area contributed by atoms with Gasteiger partial charge in [-0.25, -0.2) is 4.98 Å². The zero-order chi connectivity index (χ0) is 26.2. The molecule has 2 heterocycles. The summed E-state index contributed by atoms with van der Waals surface area (Å²) in [6, 6.07) is 1.64. The first-order valence-electron chi connectivity index (χ1n) is 11.5. The second kappa shape index (κ2) is 13.2. The number of nitrogens with one attached hydrogen (secondary N) is 1. The predicted molar refractivity (Wildman–Crippen MR) is 138 cm³/mol. The number of fused-ring (bicyclic) bond motifs is 1. The van der Waals surface area contributed by atoms with E-state index in [0.29, 0.717) is 27.0 Å². The van der Waals surface area contributed by atoms with Gasteiger partial charge in [0, 0.05) is 57.1 Å². The van der Waals surface area contributed by atoms with E-state index in [4.69, 9.17) is 11.6 Å². The van der Waals surface area contributed by atoms with E-state index in [0.717, 1.165) is 32.1 Å². The van der Waals surface area contributed by atoms with Crippen LogP contribution < -0.4 is 10.9 Å². The average molecular weight is 533 g/mol. The van der Waals surface area contributed by atoms with Gasteiger partial charge in [-0.05, 0) is 31.7 Å². The largest absolute Gasteiger partial charge is 0.406 e. The molecule has 0 aromatic carbocycles. The summed E-state index contributed by atoms with van der Waals surface area (Å²) in [4.78, 5) is 21.7. The standard InChI is InChI=1S/C22H26ClF3N4O.C2H6OS/c1-3-7-15(8-4-2)28-21-27-12-14-11-17(16-9-5-6-10-18(16)23)20(31)30(19(14)29-21)13-22(24,25)26;1-4(2)3/h9-12,15H,3-8,13H2,1-2H3,(H,27,28,29);1-2H3. The van der Waals surface area contributed by atoms with Crippen molar-refractivity contribution in [2.75, 3.05) is 17.8 Å². The molecule has 35 heavy (non-hydrogen) atoms. The van der Waals surface area contributed by atoms with E-state index in [-0.39, 0.29) is 23.2 Å². The third-order valence-corrected chi connectivity index (χ3v) is 5.52. The first kappa shape index (κ1) is 29.0. The average Bonchev–Trinajstić information content (AvgIpc) is 2.75. The number of pyridine rings is 1. The van der Waals surface area contributed by atoms with Crippen LogP contribution in [-0.2, 0) is 17.3 Å². The highest BCUT2D eigenvalue weighted by Crippen LogP contribution is 2.31. The maximum absolute atomic E-state index is 13.3. The highest BCUT2D eigenvalue weighted by Gasteiger charge is 2.31. The van der Waals surface area contributed by atoms with E-state index in [2.05, 4.69) is 29.1 Å². The SMILES string of the molecule is CCCC(CCC)Nc1ncc2cc(C3=CCCC=C3Cl)c(=O)n(CC(F)(F)F)c2n1.CS(C)=O. The molecular formula is C24H32ClF3N4O2S. The molecular weight excluding hydrogens is 501 g/mol. The zero-order valence-electron chi connectivity index (χ0n) is 20.4. The molecule has 0 bridgehead atoms. The maximum atomic E-state index is 13.3. The topological polar surface area (TPSA) is 76.9 Å². The first-order chi connectivity index (χ1) is 16.5. The number of anilines is 1. The summed E-state index contributed by atoms with van der Waals surface area (Å²) in [5.74, 6) is 0.220. The van der Waals surface area contributed by atoms with Gasteiger partial charge in [-0.3, -0.25) is 13.6 Å². The zero-order valence-corrected chi connectivity index (χ0v) is 22.0. The predicted octanol–water partition coefficient (Wildman–Crippen LogP) is 6.03. The molecule has 0 unspecified atom stereocenters. The summed E-state index contributed by atoms with van der Waals surface area (Å²) in [5, 5.41) is 3.92. The minimum absolute atomic E-state index is 0.0492. The van der Waals surface area contributed by atoms with Crippen molar-refractivity contribution in [1.82, 2.24) is 14.5 Å². The Balaban J connectivity index is 0.00000100. The number of allylic oxidation sites excluding steroid dienone is 4. The summed E-state index contributed by atoms with van der Waals surface area (Å²) in [7, 11) is -0.611. The summed E-state index contributed by atoms with van der Waals surface area (Å²) in [6.45, 7) is 2.69. The number of hydrogen-bond acceptors (Lipinski definition) is 5. The fourth-order valence-electron chi connectivity index (χ4n) is 3.80. The van der Waals surface area contributed by atoms with E-state index >= 15 is 0 Å². The van der Waals surface area contributed by atoms with Crippen LogP contribution in [-0.4, -0.2) is 43.5 Å². The Morgan fingerprint density at radius 1 is 1.17 bits per heavy atom. The molecule has 1 aliphatic carbocycles. The van der Waals surface area contributed by atoms with Gasteiger partial charge in [-0.1, -0.05) is 50.4 Å². The third-order valence-electron chi connectivity index (χ3n) is 5.16. The molecule has 0 radical (unpaired) electrons. The lowest BCUT2D eigenvalue weighted by atomic mass is 9.99. The van der Waals surface area contributed by atoms with Crippen molar-refractivity contribution in [3.05, 3.63) is 45.4 Å². The summed E-state index contributed by atoms with van der Waals surface area (Å²) >= 11 is 6.25. The number of rotatable bonds is 8. The minimum atomic E-state index is -4.58. The quantitative estimate of drug-likeness (QED) is 0.449. The van der Waals surface area contributed by atoms with Gasteiger partial charge in [-0.15, -0.1) is 0 Å². The number of hydrogen-bond donors (Lipinski definition) is 1. The Kier molecular flexibility index (Phi) is 11.0. The van der Waals surface area contributed by atoms with Crippen molar-refractivity contribution >= 4 is 45.0 Å². The Morgan fingerprint density at radius 3 is 2.31 bits per heavy atom. The lowest BCUT2D eigenvalue weighted by molar-refractivity contribution is -0.140. The molecule has 6 nitrogen and oxygen atoms in total. The van der Waals surface area contributed by atoms with Gasteiger partial charge < -0.3 is 5.32 Å². The van der Waals surface area contributed by atoms with Crippen LogP contribution in [0.2, 0.25) is 0 Å². The highest BCUT2D eigenvalue weighted by molar-refractivity contribution is 7.83. The second-order valence-corrected chi connectivity index (χ2v) is 10.3. The van der Waals surface area contributed by atoms with Gasteiger partial charge in [0.25, 0.3) is 5.56 Å². The number of aromatic nitrogens is 3. The molecule has 0 saturated carbocycles.